The molecule has 0 aliphatic rings. The first-order chi connectivity index (χ1) is 7.79. The van der Waals surface area contributed by atoms with Crippen LogP contribution in [0.3, 0.4) is 0 Å². The lowest BCUT2D eigenvalue weighted by molar-refractivity contribution is 0.810. The highest BCUT2D eigenvalue weighted by Crippen LogP contribution is 2.08. The van der Waals surface area contributed by atoms with E-state index in [2.05, 4.69) is 25.9 Å². The van der Waals surface area contributed by atoms with Gasteiger partial charge >= 0.3 is 0 Å². The molecule has 7 nitrogen and oxygen atoms in total. The van der Waals surface area contributed by atoms with Gasteiger partial charge in [0, 0.05) is 7.05 Å². The van der Waals surface area contributed by atoms with Crippen molar-refractivity contribution in [3.63, 3.8) is 0 Å². The van der Waals surface area contributed by atoms with E-state index >= 15 is 0 Å². The van der Waals surface area contributed by atoms with Gasteiger partial charge < -0.3 is 15.3 Å². The Morgan fingerprint density at radius 3 is 2.88 bits per heavy atom. The summed E-state index contributed by atoms with van der Waals surface area (Å²) in [6.45, 7) is 0.567. The summed E-state index contributed by atoms with van der Waals surface area (Å²) in [5, 5.41) is 10.9. The predicted octanol–water partition coefficient (Wildman–Crippen LogP) is 0.108. The number of nitrogens with one attached hydrogen (secondary N) is 2. The van der Waals surface area contributed by atoms with E-state index in [-0.39, 0.29) is 0 Å². The maximum absolute atomic E-state index is 5.27. The van der Waals surface area contributed by atoms with Crippen molar-refractivity contribution in [1.82, 2.24) is 19.7 Å². The summed E-state index contributed by atoms with van der Waals surface area (Å²) in [7, 11) is 1.89. The van der Waals surface area contributed by atoms with Gasteiger partial charge in [0.1, 0.15) is 18.0 Å². The summed E-state index contributed by atoms with van der Waals surface area (Å²) in [6.07, 6.45) is 1.66. The molecule has 0 aliphatic carbocycles. The first kappa shape index (κ1) is 10.4. The number of nitrogens with two attached hydrogens (primary N) is 1. The lowest BCUT2D eigenvalue weighted by Crippen LogP contribution is -2.11. The number of aryl methyl sites for hydroxylation is 1. The van der Waals surface area contributed by atoms with E-state index in [0.29, 0.717) is 12.4 Å². The molecule has 2 aromatic rings. The van der Waals surface area contributed by atoms with Crippen LogP contribution < -0.4 is 16.6 Å². The second-order valence-electron chi connectivity index (χ2n) is 3.26. The minimum absolute atomic E-state index is 0.567. The fraction of sp³-hybridized carbons (Fsp3) is 0.222. The van der Waals surface area contributed by atoms with Crippen LogP contribution in [0.25, 0.3) is 0 Å². The van der Waals surface area contributed by atoms with Crippen molar-refractivity contribution in [3.8, 4) is 0 Å². The average molecular weight is 219 g/mol. The summed E-state index contributed by atoms with van der Waals surface area (Å²) >= 11 is 0. The van der Waals surface area contributed by atoms with E-state index in [4.69, 9.17) is 5.84 Å². The number of nitrogens with zero attached hydrogens (tertiary/aromatic N) is 4. The van der Waals surface area contributed by atoms with Gasteiger partial charge in [-0.3, -0.25) is 0 Å². The highest BCUT2D eigenvalue weighted by atomic mass is 15.3. The third-order valence-corrected chi connectivity index (χ3v) is 2.13. The lowest BCUT2D eigenvalue weighted by Gasteiger charge is -2.06. The Kier molecular flexibility index (Phi) is 2.97. The van der Waals surface area contributed by atoms with Crippen LogP contribution in [-0.4, -0.2) is 19.7 Å². The van der Waals surface area contributed by atoms with Crippen LogP contribution in [0, 0.1) is 0 Å². The normalized spacial score (nSPS) is 10.1. The first-order valence-corrected chi connectivity index (χ1v) is 4.80. The molecule has 0 aliphatic heterocycles. The quantitative estimate of drug-likeness (QED) is 0.499. The van der Waals surface area contributed by atoms with Crippen molar-refractivity contribution in [2.75, 3.05) is 10.7 Å². The molecular weight excluding hydrogens is 206 g/mol. The Bertz CT molecular complexity index is 464. The van der Waals surface area contributed by atoms with Crippen LogP contribution in [0.1, 0.15) is 5.82 Å². The van der Waals surface area contributed by atoms with Gasteiger partial charge in [0.15, 0.2) is 5.82 Å². The van der Waals surface area contributed by atoms with E-state index < -0.39 is 0 Å². The van der Waals surface area contributed by atoms with E-state index in [9.17, 15) is 0 Å². The van der Waals surface area contributed by atoms with E-state index in [1.54, 1.807) is 12.4 Å². The van der Waals surface area contributed by atoms with Crippen molar-refractivity contribution in [1.29, 1.82) is 0 Å². The first-order valence-electron chi connectivity index (χ1n) is 4.80. The molecule has 2 rings (SSSR count). The molecule has 2 heterocycles. The maximum Gasteiger partial charge on any atom is 0.151 e. The van der Waals surface area contributed by atoms with Gasteiger partial charge in [0.2, 0.25) is 0 Å². The van der Waals surface area contributed by atoms with Crippen LogP contribution >= 0.6 is 0 Å². The summed E-state index contributed by atoms with van der Waals surface area (Å²) < 4.78 is 1.85. The molecule has 84 valence electrons. The number of hydrogen-bond acceptors (Lipinski definition) is 6. The van der Waals surface area contributed by atoms with Gasteiger partial charge in [-0.25, -0.2) is 10.8 Å². The molecule has 0 unspecified atom stereocenters. The van der Waals surface area contributed by atoms with Gasteiger partial charge in [-0.1, -0.05) is 6.07 Å². The third kappa shape index (κ3) is 2.26. The number of hydrogen-bond donors (Lipinski definition) is 3. The van der Waals surface area contributed by atoms with Crippen LogP contribution in [0.15, 0.2) is 24.5 Å². The fourth-order valence-corrected chi connectivity index (χ4v) is 1.25. The van der Waals surface area contributed by atoms with Gasteiger partial charge in [-0.05, 0) is 12.1 Å². The monoisotopic (exact) mass is 219 g/mol. The van der Waals surface area contributed by atoms with E-state index in [1.165, 1.54) is 0 Å². The molecule has 0 atom stereocenters. The largest absolute Gasteiger partial charge is 0.363 e. The number of rotatable bonds is 4. The molecule has 0 aromatic carbocycles. The molecule has 0 saturated carbocycles. The van der Waals surface area contributed by atoms with Gasteiger partial charge in [0.25, 0.3) is 0 Å². The maximum atomic E-state index is 5.27. The molecule has 2 aromatic heterocycles. The fourth-order valence-electron chi connectivity index (χ4n) is 1.25. The Balaban J connectivity index is 2.02. The number of anilines is 2. The second kappa shape index (κ2) is 4.58. The van der Waals surface area contributed by atoms with Crippen molar-refractivity contribution < 1.29 is 0 Å². The van der Waals surface area contributed by atoms with Crippen LogP contribution in [0.2, 0.25) is 0 Å². The summed E-state index contributed by atoms with van der Waals surface area (Å²) in [5.41, 5.74) is 2.49. The molecule has 0 spiro atoms. The highest BCUT2D eigenvalue weighted by molar-refractivity contribution is 5.44. The topological polar surface area (TPSA) is 93.7 Å². The standard InChI is InChI=1S/C9H13N7/c1-16-6-12-15-9(16)5-11-7-3-2-4-8(13-7)14-10/h2-4,6H,5,10H2,1H3,(H2,11,13,14). The Morgan fingerprint density at radius 1 is 1.38 bits per heavy atom. The SMILES string of the molecule is Cn1cnnc1CNc1cccc(NN)n1. The second-order valence-corrected chi connectivity index (χ2v) is 3.26. The van der Waals surface area contributed by atoms with E-state index in [1.807, 2.05) is 23.7 Å². The van der Waals surface area contributed by atoms with Crippen molar-refractivity contribution in [3.05, 3.63) is 30.4 Å². The smallest absolute Gasteiger partial charge is 0.151 e. The molecule has 0 amide bonds. The van der Waals surface area contributed by atoms with Crippen molar-refractivity contribution in [2.45, 2.75) is 6.54 Å². The van der Waals surface area contributed by atoms with Crippen molar-refractivity contribution >= 4 is 11.6 Å². The van der Waals surface area contributed by atoms with Gasteiger partial charge in [-0.15, -0.1) is 10.2 Å². The summed E-state index contributed by atoms with van der Waals surface area (Å²) in [5.74, 6) is 7.46. The molecule has 0 radical (unpaired) electrons. The minimum Gasteiger partial charge on any atom is -0.363 e. The molecule has 7 heteroatoms. The van der Waals surface area contributed by atoms with Crippen molar-refractivity contribution in [2.24, 2.45) is 12.9 Å². The van der Waals surface area contributed by atoms with Gasteiger partial charge in [-0.2, -0.15) is 0 Å². The summed E-state index contributed by atoms with van der Waals surface area (Å²) in [6, 6.07) is 5.51. The average Bonchev–Trinajstić information content (AvgIpc) is 2.72. The summed E-state index contributed by atoms with van der Waals surface area (Å²) in [4.78, 5) is 4.22. The zero-order valence-corrected chi connectivity index (χ0v) is 8.88. The van der Waals surface area contributed by atoms with Gasteiger partial charge in [0.05, 0.1) is 6.54 Å². The number of pyridine rings is 1. The number of aromatic nitrogens is 4. The lowest BCUT2D eigenvalue weighted by atomic mass is 10.4. The Hall–Kier alpha value is -2.15. The molecule has 0 saturated heterocycles. The Labute approximate surface area is 92.7 Å². The third-order valence-electron chi connectivity index (χ3n) is 2.13. The zero-order valence-electron chi connectivity index (χ0n) is 8.88. The van der Waals surface area contributed by atoms with Crippen LogP contribution in [0.5, 0.6) is 0 Å². The predicted molar refractivity (Wildman–Crippen MR) is 60.4 cm³/mol. The van der Waals surface area contributed by atoms with E-state index in [0.717, 1.165) is 11.6 Å². The molecule has 0 bridgehead atoms. The minimum atomic E-state index is 0.567. The van der Waals surface area contributed by atoms with Crippen LogP contribution in [-0.2, 0) is 13.6 Å². The Morgan fingerprint density at radius 2 is 2.19 bits per heavy atom. The molecule has 16 heavy (non-hydrogen) atoms. The highest BCUT2D eigenvalue weighted by Gasteiger charge is 2.01. The molecule has 4 N–H and O–H groups in total. The zero-order chi connectivity index (χ0) is 11.4. The number of nitrogen functional groups attached to an aromatic ring is 1. The van der Waals surface area contributed by atoms with Crippen LogP contribution in [0.4, 0.5) is 11.6 Å². The number of hydrazine groups is 1. The molecule has 0 fully saturated rings. The molecular formula is C9H13N7.